The minimum absolute atomic E-state index is 0.122. The van der Waals surface area contributed by atoms with Gasteiger partial charge in [-0.05, 0) is 51.1 Å². The van der Waals surface area contributed by atoms with Crippen LogP contribution in [0.15, 0.2) is 36.4 Å². The lowest BCUT2D eigenvalue weighted by atomic mass is 9.53. The molecular formula is C25H29NO7. The van der Waals surface area contributed by atoms with Gasteiger partial charge < -0.3 is 28.6 Å². The first kappa shape index (κ1) is 22.0. The lowest BCUT2D eigenvalue weighted by molar-refractivity contribution is -0.149. The highest BCUT2D eigenvalue weighted by atomic mass is 16.7. The van der Waals surface area contributed by atoms with E-state index in [1.54, 1.807) is 14.0 Å². The standard InChI is InChI=1S/C25H29NO7/c1-4-30-20(27)9-10-21(28)32-19-8-6-16-17-13-15-5-7-18(31-14-29-3)23-22(15)25(16,24(19)33-23)11-12-26(17)2/h5-10,16-17,19,24H,4,11-14H2,1-3H3/t16-,17+,19?,24?,25-/m0/s1. The topological polar surface area (TPSA) is 83.5 Å². The molecule has 8 nitrogen and oxygen atoms in total. The predicted molar refractivity (Wildman–Crippen MR) is 118 cm³/mol. The molecule has 5 atom stereocenters. The van der Waals surface area contributed by atoms with E-state index < -0.39 is 18.0 Å². The number of piperidine rings is 1. The molecule has 0 amide bonds. The van der Waals surface area contributed by atoms with Crippen LogP contribution in [0.2, 0.25) is 0 Å². The molecule has 2 bridgehead atoms. The van der Waals surface area contributed by atoms with Crippen LogP contribution in [-0.2, 0) is 35.6 Å². The third kappa shape index (κ3) is 3.43. The van der Waals surface area contributed by atoms with Crippen LogP contribution in [0.3, 0.4) is 0 Å². The van der Waals surface area contributed by atoms with Gasteiger partial charge in [0, 0.05) is 42.2 Å². The first-order valence-corrected chi connectivity index (χ1v) is 11.4. The summed E-state index contributed by atoms with van der Waals surface area (Å²) in [4.78, 5) is 26.5. The lowest BCUT2D eigenvalue weighted by Gasteiger charge is -2.56. The molecular weight excluding hydrogens is 426 g/mol. The summed E-state index contributed by atoms with van der Waals surface area (Å²) in [7, 11) is 3.75. The van der Waals surface area contributed by atoms with Gasteiger partial charge in [-0.3, -0.25) is 0 Å². The summed E-state index contributed by atoms with van der Waals surface area (Å²) in [6.07, 6.45) is 7.18. The molecule has 2 heterocycles. The van der Waals surface area contributed by atoms with E-state index >= 15 is 0 Å². The maximum Gasteiger partial charge on any atom is 0.331 e. The minimum atomic E-state index is -0.608. The summed E-state index contributed by atoms with van der Waals surface area (Å²) in [6.45, 7) is 3.00. The number of hydrogen-bond donors (Lipinski definition) is 0. The van der Waals surface area contributed by atoms with Crippen LogP contribution in [0.1, 0.15) is 24.5 Å². The zero-order valence-corrected chi connectivity index (χ0v) is 19.1. The Balaban J connectivity index is 1.50. The van der Waals surface area contributed by atoms with E-state index in [9.17, 15) is 9.59 Å². The maximum atomic E-state index is 12.5. The van der Waals surface area contributed by atoms with Crippen molar-refractivity contribution >= 4 is 11.9 Å². The van der Waals surface area contributed by atoms with Crippen molar-refractivity contribution in [2.24, 2.45) is 5.92 Å². The highest BCUT2D eigenvalue weighted by Gasteiger charge is 2.65. The number of esters is 2. The van der Waals surface area contributed by atoms with Crippen molar-refractivity contribution in [3.63, 3.8) is 0 Å². The van der Waals surface area contributed by atoms with E-state index in [0.29, 0.717) is 11.8 Å². The summed E-state index contributed by atoms with van der Waals surface area (Å²) < 4.78 is 28.1. The van der Waals surface area contributed by atoms with E-state index in [2.05, 4.69) is 24.1 Å². The van der Waals surface area contributed by atoms with Gasteiger partial charge in [-0.1, -0.05) is 12.1 Å². The van der Waals surface area contributed by atoms with Gasteiger partial charge in [0.2, 0.25) is 0 Å². The van der Waals surface area contributed by atoms with Crippen molar-refractivity contribution in [1.29, 1.82) is 0 Å². The van der Waals surface area contributed by atoms with Crippen molar-refractivity contribution in [2.45, 2.75) is 43.4 Å². The third-order valence-electron chi connectivity index (χ3n) is 7.34. The number of hydrogen-bond acceptors (Lipinski definition) is 8. The molecule has 1 saturated heterocycles. The van der Waals surface area contributed by atoms with Gasteiger partial charge in [0.1, 0.15) is 6.10 Å². The van der Waals surface area contributed by atoms with Crippen LogP contribution in [0.25, 0.3) is 0 Å². The minimum Gasteiger partial charge on any atom is -0.481 e. The number of carbonyl (C=O) groups excluding carboxylic acids is 2. The number of benzene rings is 1. The van der Waals surface area contributed by atoms with E-state index in [1.807, 2.05) is 12.1 Å². The zero-order valence-electron chi connectivity index (χ0n) is 19.1. The largest absolute Gasteiger partial charge is 0.481 e. The monoisotopic (exact) mass is 455 g/mol. The highest BCUT2D eigenvalue weighted by Crippen LogP contribution is 2.62. The third-order valence-corrected chi connectivity index (χ3v) is 7.34. The number of nitrogens with zero attached hydrogens (tertiary/aromatic N) is 1. The average molecular weight is 456 g/mol. The number of rotatable bonds is 7. The Hall–Kier alpha value is -2.84. The molecule has 2 aliphatic carbocycles. The normalized spacial score (nSPS) is 31.1. The number of likely N-dealkylation sites (tertiary alicyclic amines) is 1. The van der Waals surface area contributed by atoms with Gasteiger partial charge in [0.15, 0.2) is 24.4 Å². The molecule has 1 aromatic carbocycles. The van der Waals surface area contributed by atoms with Crippen LogP contribution in [0.5, 0.6) is 11.5 Å². The molecule has 1 spiro atoms. The summed E-state index contributed by atoms with van der Waals surface area (Å²) in [6, 6.07) is 4.42. The van der Waals surface area contributed by atoms with Gasteiger partial charge >= 0.3 is 11.9 Å². The first-order chi connectivity index (χ1) is 16.0. The Morgan fingerprint density at radius 1 is 1.24 bits per heavy atom. The molecule has 4 aliphatic rings. The Bertz CT molecular complexity index is 1020. The molecule has 0 radical (unpaired) electrons. The zero-order chi connectivity index (χ0) is 23.2. The number of ether oxygens (including phenoxy) is 5. The Labute approximate surface area is 193 Å². The second-order valence-electron chi connectivity index (χ2n) is 8.96. The van der Waals surface area contributed by atoms with Gasteiger partial charge in [-0.25, -0.2) is 9.59 Å². The number of carbonyl (C=O) groups is 2. The van der Waals surface area contributed by atoms with Crippen molar-refractivity contribution in [3.8, 4) is 11.5 Å². The van der Waals surface area contributed by atoms with Crippen LogP contribution in [0.4, 0.5) is 0 Å². The summed E-state index contributed by atoms with van der Waals surface area (Å²) in [5, 5.41) is 0. The van der Waals surface area contributed by atoms with Gasteiger partial charge in [0.05, 0.1) is 6.61 Å². The molecule has 33 heavy (non-hydrogen) atoms. The summed E-state index contributed by atoms with van der Waals surface area (Å²) >= 11 is 0. The second kappa shape index (κ2) is 8.50. The van der Waals surface area contributed by atoms with Crippen LogP contribution >= 0.6 is 0 Å². The fourth-order valence-electron chi connectivity index (χ4n) is 6.05. The Morgan fingerprint density at radius 2 is 2.06 bits per heavy atom. The number of methoxy groups -OCH3 is 1. The fraction of sp³-hybridized carbons (Fsp3) is 0.520. The second-order valence-corrected chi connectivity index (χ2v) is 8.96. The first-order valence-electron chi connectivity index (χ1n) is 11.4. The molecule has 2 unspecified atom stereocenters. The van der Waals surface area contributed by atoms with Crippen LogP contribution in [-0.4, -0.2) is 69.2 Å². The molecule has 5 rings (SSSR count). The Morgan fingerprint density at radius 3 is 2.85 bits per heavy atom. The van der Waals surface area contributed by atoms with E-state index in [1.165, 1.54) is 11.1 Å². The van der Waals surface area contributed by atoms with Crippen LogP contribution < -0.4 is 9.47 Å². The fourth-order valence-corrected chi connectivity index (χ4v) is 6.05. The highest BCUT2D eigenvalue weighted by molar-refractivity contribution is 5.91. The van der Waals surface area contributed by atoms with Crippen molar-refractivity contribution in [1.82, 2.24) is 4.90 Å². The average Bonchev–Trinajstić information content (AvgIpc) is 3.16. The lowest BCUT2D eigenvalue weighted by Crippen LogP contribution is -2.65. The van der Waals surface area contributed by atoms with Crippen LogP contribution in [0, 0.1) is 5.92 Å². The molecule has 2 aliphatic heterocycles. The van der Waals surface area contributed by atoms with Crippen molar-refractivity contribution in [3.05, 3.63) is 47.6 Å². The Kier molecular flexibility index (Phi) is 5.66. The van der Waals surface area contributed by atoms with Gasteiger partial charge in [-0.2, -0.15) is 0 Å². The van der Waals surface area contributed by atoms with E-state index in [0.717, 1.165) is 37.3 Å². The van der Waals surface area contributed by atoms with E-state index in [4.69, 9.17) is 23.7 Å². The maximum absolute atomic E-state index is 12.5. The predicted octanol–water partition coefficient (Wildman–Crippen LogP) is 2.15. The molecule has 1 fully saturated rings. The molecule has 0 aromatic heterocycles. The summed E-state index contributed by atoms with van der Waals surface area (Å²) in [5.41, 5.74) is 2.15. The SMILES string of the molecule is CCOC(=O)C=CC(=O)OC1C=C[C@H]2[C@H]3Cc4ccc(OCOC)c5c4[C@@]2(CCN3C)C1O5. The molecule has 0 saturated carbocycles. The smallest absolute Gasteiger partial charge is 0.331 e. The van der Waals surface area contributed by atoms with Gasteiger partial charge in [0.25, 0.3) is 0 Å². The van der Waals surface area contributed by atoms with Crippen molar-refractivity contribution < 1.29 is 33.3 Å². The molecule has 1 aromatic rings. The van der Waals surface area contributed by atoms with Crippen molar-refractivity contribution in [2.75, 3.05) is 34.1 Å². The molecule has 0 N–H and O–H groups in total. The molecule has 176 valence electrons. The number of likely N-dealkylation sites (N-methyl/N-ethyl adjacent to an activating group) is 1. The quantitative estimate of drug-likeness (QED) is 0.268. The van der Waals surface area contributed by atoms with Gasteiger partial charge in [-0.15, -0.1) is 0 Å². The van der Waals surface area contributed by atoms with E-state index in [-0.39, 0.29) is 30.8 Å². The molecule has 8 heteroatoms. The summed E-state index contributed by atoms with van der Waals surface area (Å²) in [5.74, 6) is 0.435.